The molecule has 1 aliphatic rings. The number of carbonyl (C=O) groups excluding carboxylic acids is 2. The number of hydrogen-bond acceptors (Lipinski definition) is 4. The van der Waals surface area contributed by atoms with Crippen molar-refractivity contribution in [1.29, 1.82) is 0 Å². The minimum Gasteiger partial charge on any atom is -0.503 e. The smallest absolute Gasteiger partial charge is 0.294 e. The molecule has 3 aromatic carbocycles. The summed E-state index contributed by atoms with van der Waals surface area (Å²) in [6.45, 7) is 0. The van der Waals surface area contributed by atoms with Crippen molar-refractivity contribution in [3.05, 3.63) is 112 Å². The Morgan fingerprint density at radius 1 is 1.00 bits per heavy atom. The predicted octanol–water partition coefficient (Wildman–Crippen LogP) is 5.53. The Hall–Kier alpha value is -3.83. The van der Waals surface area contributed by atoms with Gasteiger partial charge in [0.25, 0.3) is 5.91 Å². The lowest BCUT2D eigenvalue weighted by Crippen LogP contribution is -2.30. The Bertz CT molecular complexity index is 1200. The summed E-state index contributed by atoms with van der Waals surface area (Å²) in [6, 6.07) is 22.2. The standard InChI is InChI=1S/C26H20ClNO4/c1-32-21-14-12-20(13-15-21)28-24(18-8-10-19(27)11-9-18)23(25(30)26(28)31)22(29)16-7-17-5-3-2-4-6-17/h2-16,24,30H,1H3/b16-7+/t24-/m0/s1. The second kappa shape index (κ2) is 9.12. The number of rotatable bonds is 6. The highest BCUT2D eigenvalue weighted by Crippen LogP contribution is 2.41. The molecule has 0 unspecified atom stereocenters. The number of ketones is 1. The molecule has 3 aromatic rings. The van der Waals surface area contributed by atoms with E-state index in [1.165, 1.54) is 11.0 Å². The molecular weight excluding hydrogens is 426 g/mol. The number of aliphatic hydroxyl groups is 1. The van der Waals surface area contributed by atoms with Crippen molar-refractivity contribution in [1.82, 2.24) is 0 Å². The van der Waals surface area contributed by atoms with E-state index in [-0.39, 0.29) is 5.57 Å². The monoisotopic (exact) mass is 445 g/mol. The van der Waals surface area contributed by atoms with Gasteiger partial charge >= 0.3 is 0 Å². The number of amides is 1. The van der Waals surface area contributed by atoms with E-state index in [1.807, 2.05) is 30.3 Å². The second-order valence-corrected chi connectivity index (χ2v) is 7.63. The van der Waals surface area contributed by atoms with Crippen molar-refractivity contribution in [2.24, 2.45) is 0 Å². The molecule has 0 aromatic heterocycles. The van der Waals surface area contributed by atoms with E-state index >= 15 is 0 Å². The summed E-state index contributed by atoms with van der Waals surface area (Å²) in [5, 5.41) is 11.3. The van der Waals surface area contributed by atoms with Gasteiger partial charge in [0.2, 0.25) is 0 Å². The van der Waals surface area contributed by atoms with E-state index in [0.29, 0.717) is 22.0 Å². The number of methoxy groups -OCH3 is 1. The molecule has 0 saturated heterocycles. The molecule has 1 amide bonds. The third-order valence-electron chi connectivity index (χ3n) is 5.24. The number of aliphatic hydroxyl groups excluding tert-OH is 1. The topological polar surface area (TPSA) is 66.8 Å². The lowest BCUT2D eigenvalue weighted by Gasteiger charge is -2.27. The van der Waals surface area contributed by atoms with E-state index < -0.39 is 23.5 Å². The van der Waals surface area contributed by atoms with Crippen LogP contribution in [-0.4, -0.2) is 23.9 Å². The van der Waals surface area contributed by atoms with E-state index in [9.17, 15) is 14.7 Å². The summed E-state index contributed by atoms with van der Waals surface area (Å²) in [5.41, 5.74) is 2.02. The molecule has 1 atom stereocenters. The molecule has 0 fully saturated rings. The van der Waals surface area contributed by atoms with Gasteiger partial charge in [0.15, 0.2) is 11.5 Å². The number of allylic oxidation sites excluding steroid dienone is 1. The fraction of sp³-hybridized carbons (Fsp3) is 0.0769. The Kier molecular flexibility index (Phi) is 6.10. The van der Waals surface area contributed by atoms with Crippen LogP contribution >= 0.6 is 11.6 Å². The lowest BCUT2D eigenvalue weighted by molar-refractivity contribution is -0.117. The van der Waals surface area contributed by atoms with Gasteiger partial charge in [-0.05, 0) is 53.6 Å². The predicted molar refractivity (Wildman–Crippen MR) is 125 cm³/mol. The van der Waals surface area contributed by atoms with Crippen molar-refractivity contribution in [2.45, 2.75) is 6.04 Å². The van der Waals surface area contributed by atoms with Crippen LogP contribution in [0, 0.1) is 0 Å². The molecule has 6 heteroatoms. The molecule has 0 aliphatic carbocycles. The van der Waals surface area contributed by atoms with E-state index in [1.54, 1.807) is 61.7 Å². The summed E-state index contributed by atoms with van der Waals surface area (Å²) in [5.74, 6) is -1.03. The van der Waals surface area contributed by atoms with Crippen molar-refractivity contribution in [3.8, 4) is 5.75 Å². The van der Waals surface area contributed by atoms with Crippen LogP contribution < -0.4 is 9.64 Å². The van der Waals surface area contributed by atoms with Crippen molar-refractivity contribution < 1.29 is 19.4 Å². The molecule has 32 heavy (non-hydrogen) atoms. The molecule has 5 nitrogen and oxygen atoms in total. The molecule has 0 bridgehead atoms. The highest BCUT2D eigenvalue weighted by molar-refractivity contribution is 6.30. The number of halogens is 1. The minimum atomic E-state index is -0.805. The zero-order chi connectivity index (χ0) is 22.7. The number of carbonyl (C=O) groups is 2. The number of benzene rings is 3. The van der Waals surface area contributed by atoms with Gasteiger partial charge in [-0.2, -0.15) is 0 Å². The van der Waals surface area contributed by atoms with Gasteiger partial charge in [0.05, 0.1) is 18.7 Å². The minimum absolute atomic E-state index is 0.0142. The summed E-state index contributed by atoms with van der Waals surface area (Å²) in [4.78, 5) is 27.7. The van der Waals surface area contributed by atoms with Gasteiger partial charge in [-0.15, -0.1) is 0 Å². The molecule has 1 aliphatic heterocycles. The first-order chi connectivity index (χ1) is 15.5. The maximum Gasteiger partial charge on any atom is 0.294 e. The number of anilines is 1. The fourth-order valence-electron chi connectivity index (χ4n) is 3.65. The van der Waals surface area contributed by atoms with Gasteiger partial charge in [0.1, 0.15) is 5.75 Å². The van der Waals surface area contributed by atoms with E-state index in [0.717, 1.165) is 5.56 Å². The summed E-state index contributed by atoms with van der Waals surface area (Å²) in [7, 11) is 1.55. The first kappa shape index (κ1) is 21.4. The Morgan fingerprint density at radius 2 is 1.66 bits per heavy atom. The first-order valence-corrected chi connectivity index (χ1v) is 10.3. The molecule has 1 N–H and O–H groups in total. The number of ether oxygens (including phenoxy) is 1. The maximum atomic E-state index is 13.2. The average Bonchev–Trinajstić information content (AvgIpc) is 3.09. The van der Waals surface area contributed by atoms with Crippen LogP contribution in [0.25, 0.3) is 6.08 Å². The second-order valence-electron chi connectivity index (χ2n) is 7.20. The molecule has 0 spiro atoms. The molecule has 0 saturated carbocycles. The van der Waals surface area contributed by atoms with Gasteiger partial charge in [-0.1, -0.05) is 60.1 Å². The average molecular weight is 446 g/mol. The normalized spacial score (nSPS) is 16.1. The van der Waals surface area contributed by atoms with Gasteiger partial charge in [0, 0.05) is 10.7 Å². The Labute approximate surface area is 190 Å². The molecule has 0 radical (unpaired) electrons. The fourth-order valence-corrected chi connectivity index (χ4v) is 3.78. The van der Waals surface area contributed by atoms with Crippen LogP contribution in [0.15, 0.2) is 96.3 Å². The molecule has 1 heterocycles. The van der Waals surface area contributed by atoms with Crippen LogP contribution in [-0.2, 0) is 9.59 Å². The molecule has 4 rings (SSSR count). The van der Waals surface area contributed by atoms with Crippen LogP contribution in [0.2, 0.25) is 5.02 Å². The first-order valence-electron chi connectivity index (χ1n) is 9.93. The van der Waals surface area contributed by atoms with Gasteiger partial charge in [-0.3, -0.25) is 14.5 Å². The zero-order valence-corrected chi connectivity index (χ0v) is 18.0. The van der Waals surface area contributed by atoms with Gasteiger partial charge in [-0.25, -0.2) is 0 Å². The highest BCUT2D eigenvalue weighted by atomic mass is 35.5. The summed E-state index contributed by atoms with van der Waals surface area (Å²) in [6.07, 6.45) is 3.02. The molecule has 160 valence electrons. The third kappa shape index (κ3) is 4.15. The van der Waals surface area contributed by atoms with Crippen molar-refractivity contribution in [2.75, 3.05) is 12.0 Å². The maximum absolute atomic E-state index is 13.2. The summed E-state index contributed by atoms with van der Waals surface area (Å²) < 4.78 is 5.20. The lowest BCUT2D eigenvalue weighted by atomic mass is 9.95. The SMILES string of the molecule is COc1ccc(N2C(=O)C(O)=C(C(=O)/C=C/c3ccccc3)[C@@H]2c2ccc(Cl)cc2)cc1. The number of hydrogen-bond donors (Lipinski definition) is 1. The quantitative estimate of drug-likeness (QED) is 0.506. The van der Waals surface area contributed by atoms with E-state index in [4.69, 9.17) is 16.3 Å². The van der Waals surface area contributed by atoms with Crippen LogP contribution in [0.5, 0.6) is 5.75 Å². The molecular formula is C26H20ClNO4. The van der Waals surface area contributed by atoms with Crippen molar-refractivity contribution in [3.63, 3.8) is 0 Å². The number of nitrogens with zero attached hydrogens (tertiary/aromatic N) is 1. The largest absolute Gasteiger partial charge is 0.503 e. The van der Waals surface area contributed by atoms with E-state index in [2.05, 4.69) is 0 Å². The Morgan fingerprint density at radius 3 is 2.28 bits per heavy atom. The Balaban J connectivity index is 1.77. The van der Waals surface area contributed by atoms with Crippen LogP contribution in [0.1, 0.15) is 17.2 Å². The zero-order valence-electron chi connectivity index (χ0n) is 17.2. The summed E-state index contributed by atoms with van der Waals surface area (Å²) >= 11 is 6.05. The van der Waals surface area contributed by atoms with Crippen molar-refractivity contribution >= 4 is 35.1 Å². The van der Waals surface area contributed by atoms with Gasteiger partial charge < -0.3 is 9.84 Å². The third-order valence-corrected chi connectivity index (χ3v) is 5.49. The van der Waals surface area contributed by atoms with Crippen LogP contribution in [0.4, 0.5) is 5.69 Å². The van der Waals surface area contributed by atoms with Crippen LogP contribution in [0.3, 0.4) is 0 Å². The highest BCUT2D eigenvalue weighted by Gasteiger charge is 2.43.